The van der Waals surface area contributed by atoms with Gasteiger partial charge in [-0.3, -0.25) is 14.6 Å². The van der Waals surface area contributed by atoms with Crippen molar-refractivity contribution in [1.29, 1.82) is 0 Å². The molecule has 1 atom stereocenters. The second-order valence-electron chi connectivity index (χ2n) is 8.53. The van der Waals surface area contributed by atoms with Gasteiger partial charge < -0.3 is 20.9 Å². The summed E-state index contributed by atoms with van der Waals surface area (Å²) in [5.41, 5.74) is 8.00. The molecule has 1 aromatic carbocycles. The van der Waals surface area contributed by atoms with Crippen molar-refractivity contribution < 1.29 is 14.0 Å². The third-order valence-electron chi connectivity index (χ3n) is 6.17. The van der Waals surface area contributed by atoms with Gasteiger partial charge in [-0.1, -0.05) is 24.3 Å². The summed E-state index contributed by atoms with van der Waals surface area (Å²) < 4.78 is 13.6. The second kappa shape index (κ2) is 10.9. The van der Waals surface area contributed by atoms with Gasteiger partial charge in [-0.25, -0.2) is 9.37 Å². The van der Waals surface area contributed by atoms with Gasteiger partial charge in [0.15, 0.2) is 0 Å². The van der Waals surface area contributed by atoms with E-state index in [4.69, 9.17) is 10.7 Å². The number of carbonyl (C=O) groups is 2. The van der Waals surface area contributed by atoms with Crippen molar-refractivity contribution in [3.05, 3.63) is 83.4 Å². The predicted molar refractivity (Wildman–Crippen MR) is 133 cm³/mol. The van der Waals surface area contributed by atoms with Crippen LogP contribution < -0.4 is 16.0 Å². The molecule has 9 heteroatoms. The normalized spacial score (nSPS) is 14.5. The van der Waals surface area contributed by atoms with E-state index in [-0.39, 0.29) is 11.7 Å². The summed E-state index contributed by atoms with van der Waals surface area (Å²) in [6.07, 6.45) is 3.84. The highest BCUT2D eigenvalue weighted by Gasteiger charge is 2.26. The quantitative estimate of drug-likeness (QED) is 0.518. The fourth-order valence-electron chi connectivity index (χ4n) is 4.32. The molecule has 0 aliphatic carbocycles. The average Bonchev–Trinajstić information content (AvgIpc) is 2.85. The number of anilines is 2. The Hall–Kier alpha value is -4.01. The van der Waals surface area contributed by atoms with E-state index in [1.54, 1.807) is 31.5 Å². The molecule has 182 valence electrons. The minimum atomic E-state index is -0.725. The Bertz CT molecular complexity index is 1180. The molecule has 0 bridgehead atoms. The van der Waals surface area contributed by atoms with E-state index in [2.05, 4.69) is 15.2 Å². The van der Waals surface area contributed by atoms with Crippen LogP contribution in [0.4, 0.5) is 16.0 Å². The summed E-state index contributed by atoms with van der Waals surface area (Å²) >= 11 is 0. The summed E-state index contributed by atoms with van der Waals surface area (Å²) in [4.78, 5) is 37.1. The standard InChI is InChI=1S/C26H29FN6O2/c1-18(34)32-12-14-33(15-13-32)23-8-7-22(24(25(28)35)20-5-3-10-29-17-20)26(31-23)30-11-9-19-4-2-6-21(27)16-19/h2-8,10,16-17,24H,9,11-15H2,1H3,(H2,28,35)(H,30,31). The lowest BCUT2D eigenvalue weighted by Crippen LogP contribution is -2.48. The number of carbonyl (C=O) groups excluding carboxylic acids is 2. The summed E-state index contributed by atoms with van der Waals surface area (Å²) in [5, 5.41) is 3.34. The van der Waals surface area contributed by atoms with Crippen molar-refractivity contribution in [1.82, 2.24) is 14.9 Å². The van der Waals surface area contributed by atoms with Crippen LogP contribution >= 0.6 is 0 Å². The molecule has 1 aliphatic heterocycles. The topological polar surface area (TPSA) is 104 Å². The predicted octanol–water partition coefficient (Wildman–Crippen LogP) is 2.56. The number of rotatable bonds is 8. The highest BCUT2D eigenvalue weighted by Crippen LogP contribution is 2.31. The van der Waals surface area contributed by atoms with Gasteiger partial charge in [0.2, 0.25) is 11.8 Å². The van der Waals surface area contributed by atoms with Crippen molar-refractivity contribution in [2.24, 2.45) is 5.73 Å². The molecule has 4 rings (SSSR count). The first-order valence-corrected chi connectivity index (χ1v) is 11.6. The summed E-state index contributed by atoms with van der Waals surface area (Å²) in [5.74, 6) is -0.153. The minimum absolute atomic E-state index is 0.0634. The van der Waals surface area contributed by atoms with Crippen LogP contribution in [0.5, 0.6) is 0 Å². The van der Waals surface area contributed by atoms with Gasteiger partial charge in [0.1, 0.15) is 17.5 Å². The maximum atomic E-state index is 13.6. The Balaban J connectivity index is 1.61. The van der Waals surface area contributed by atoms with Crippen LogP contribution in [-0.2, 0) is 16.0 Å². The number of hydrogen-bond donors (Lipinski definition) is 2. The summed E-state index contributed by atoms with van der Waals surface area (Å²) in [7, 11) is 0. The van der Waals surface area contributed by atoms with Crippen LogP contribution in [0.25, 0.3) is 0 Å². The van der Waals surface area contributed by atoms with Crippen LogP contribution in [0, 0.1) is 5.82 Å². The Morgan fingerprint density at radius 3 is 2.57 bits per heavy atom. The zero-order valence-electron chi connectivity index (χ0n) is 19.7. The molecule has 1 fully saturated rings. The first kappa shape index (κ1) is 24.1. The van der Waals surface area contributed by atoms with E-state index >= 15 is 0 Å². The van der Waals surface area contributed by atoms with Gasteiger partial charge in [0, 0.05) is 57.6 Å². The zero-order valence-corrected chi connectivity index (χ0v) is 19.7. The lowest BCUT2D eigenvalue weighted by molar-refractivity contribution is -0.129. The first-order valence-electron chi connectivity index (χ1n) is 11.6. The molecule has 1 aliphatic rings. The molecule has 1 saturated heterocycles. The van der Waals surface area contributed by atoms with Crippen LogP contribution in [0.3, 0.4) is 0 Å². The molecular formula is C26H29FN6O2. The van der Waals surface area contributed by atoms with Gasteiger partial charge in [-0.05, 0) is 41.8 Å². The Labute approximate surface area is 204 Å². The lowest BCUT2D eigenvalue weighted by Gasteiger charge is -2.35. The third kappa shape index (κ3) is 5.92. The van der Waals surface area contributed by atoms with Crippen molar-refractivity contribution in [3.63, 3.8) is 0 Å². The number of nitrogens with two attached hydrogens (primary N) is 1. The minimum Gasteiger partial charge on any atom is -0.369 e. The number of aromatic nitrogens is 2. The van der Waals surface area contributed by atoms with Gasteiger partial charge in [0.25, 0.3) is 0 Å². The number of primary amides is 1. The fourth-order valence-corrected chi connectivity index (χ4v) is 4.32. The zero-order chi connectivity index (χ0) is 24.8. The SMILES string of the molecule is CC(=O)N1CCN(c2ccc(C(C(N)=O)c3cccnc3)c(NCCc3cccc(F)c3)n2)CC1. The third-order valence-corrected chi connectivity index (χ3v) is 6.17. The molecule has 1 unspecified atom stereocenters. The molecule has 3 N–H and O–H groups in total. The van der Waals surface area contributed by atoms with E-state index in [0.29, 0.717) is 56.1 Å². The highest BCUT2D eigenvalue weighted by atomic mass is 19.1. The van der Waals surface area contributed by atoms with E-state index in [9.17, 15) is 14.0 Å². The Morgan fingerprint density at radius 2 is 1.91 bits per heavy atom. The number of piperazine rings is 1. The molecule has 3 aromatic rings. The van der Waals surface area contributed by atoms with Gasteiger partial charge in [-0.15, -0.1) is 0 Å². The van der Waals surface area contributed by atoms with E-state index in [1.807, 2.05) is 29.2 Å². The smallest absolute Gasteiger partial charge is 0.229 e. The Morgan fingerprint density at radius 1 is 1.11 bits per heavy atom. The largest absolute Gasteiger partial charge is 0.369 e. The molecule has 2 aromatic heterocycles. The summed E-state index contributed by atoms with van der Waals surface area (Å²) in [6.45, 7) is 4.64. The highest BCUT2D eigenvalue weighted by molar-refractivity contribution is 5.87. The monoisotopic (exact) mass is 476 g/mol. The van der Waals surface area contributed by atoms with Crippen molar-refractivity contribution in [3.8, 4) is 0 Å². The van der Waals surface area contributed by atoms with Gasteiger partial charge in [0.05, 0.1) is 5.92 Å². The van der Waals surface area contributed by atoms with Gasteiger partial charge >= 0.3 is 0 Å². The molecule has 0 saturated carbocycles. The van der Waals surface area contributed by atoms with Crippen LogP contribution in [0.15, 0.2) is 60.9 Å². The fraction of sp³-hybridized carbons (Fsp3) is 0.308. The number of pyridine rings is 2. The molecule has 3 heterocycles. The van der Waals surface area contributed by atoms with Crippen LogP contribution in [0.1, 0.15) is 29.5 Å². The van der Waals surface area contributed by atoms with Gasteiger partial charge in [-0.2, -0.15) is 0 Å². The van der Waals surface area contributed by atoms with Crippen LogP contribution in [0.2, 0.25) is 0 Å². The van der Waals surface area contributed by atoms with Crippen LogP contribution in [-0.4, -0.2) is 59.4 Å². The number of amides is 2. The molecule has 0 spiro atoms. The van der Waals surface area contributed by atoms with Crippen molar-refractivity contribution >= 4 is 23.5 Å². The number of hydrogen-bond acceptors (Lipinski definition) is 6. The molecule has 2 amide bonds. The molecular weight excluding hydrogens is 447 g/mol. The number of halogens is 1. The Kier molecular flexibility index (Phi) is 7.54. The van der Waals surface area contributed by atoms with E-state index in [0.717, 1.165) is 11.4 Å². The summed E-state index contributed by atoms with van der Waals surface area (Å²) in [6, 6.07) is 13.8. The lowest BCUT2D eigenvalue weighted by atomic mass is 9.92. The van der Waals surface area contributed by atoms with Crippen molar-refractivity contribution in [2.45, 2.75) is 19.3 Å². The molecule has 35 heavy (non-hydrogen) atoms. The number of nitrogens with one attached hydrogen (secondary N) is 1. The van der Waals surface area contributed by atoms with Crippen molar-refractivity contribution in [2.75, 3.05) is 42.9 Å². The maximum absolute atomic E-state index is 13.6. The number of nitrogens with zero attached hydrogens (tertiary/aromatic N) is 4. The first-order chi connectivity index (χ1) is 16.9. The van der Waals surface area contributed by atoms with E-state index < -0.39 is 11.8 Å². The molecule has 8 nitrogen and oxygen atoms in total. The average molecular weight is 477 g/mol. The van der Waals surface area contributed by atoms with E-state index in [1.165, 1.54) is 12.1 Å². The maximum Gasteiger partial charge on any atom is 0.229 e. The molecule has 0 radical (unpaired) electrons. The number of benzene rings is 1. The second-order valence-corrected chi connectivity index (χ2v) is 8.53.